The van der Waals surface area contributed by atoms with Crippen molar-refractivity contribution in [2.24, 2.45) is 0 Å². The van der Waals surface area contributed by atoms with Gasteiger partial charge in [-0.05, 0) is 37.1 Å². The van der Waals surface area contributed by atoms with Crippen molar-refractivity contribution in [2.75, 3.05) is 58.5 Å². The fourth-order valence-electron chi connectivity index (χ4n) is 3.42. The molecule has 0 bridgehead atoms. The minimum atomic E-state index is -0.464. The average molecular weight is 391 g/mol. The largest absolute Gasteiger partial charge is 0.497 e. The summed E-state index contributed by atoms with van der Waals surface area (Å²) in [7, 11) is 1.60. The van der Waals surface area contributed by atoms with Gasteiger partial charge < -0.3 is 19.7 Å². The lowest BCUT2D eigenvalue weighted by molar-refractivity contribution is -0.124. The van der Waals surface area contributed by atoms with E-state index in [0.29, 0.717) is 19.5 Å². The third-order valence-corrected chi connectivity index (χ3v) is 5.04. The van der Waals surface area contributed by atoms with Crippen molar-refractivity contribution in [1.82, 2.24) is 20.5 Å². The summed E-state index contributed by atoms with van der Waals surface area (Å²) in [5.74, 6) is 0.532. The standard InChI is InChI=1S/C19H29N5O4/c1-27-16-6-4-15(5-7-16)21-22-18(25)17-3-2-9-24(17)19(26)20-8-10-23-11-13-28-14-12-23/h4-7,17,21H,2-3,8-14H2,1H3,(H,20,26)(H,22,25). The number of methoxy groups -OCH3 is 1. The molecule has 2 saturated heterocycles. The van der Waals surface area contributed by atoms with Gasteiger partial charge in [-0.3, -0.25) is 20.5 Å². The molecule has 1 aromatic rings. The molecule has 3 N–H and O–H groups in total. The molecule has 9 nitrogen and oxygen atoms in total. The number of hydrogen-bond acceptors (Lipinski definition) is 6. The molecule has 1 aromatic carbocycles. The Morgan fingerprint density at radius 1 is 1.18 bits per heavy atom. The minimum Gasteiger partial charge on any atom is -0.497 e. The number of amides is 3. The number of hydrazine groups is 1. The molecule has 0 saturated carbocycles. The molecule has 9 heteroatoms. The first kappa shape index (κ1) is 20.2. The van der Waals surface area contributed by atoms with Crippen LogP contribution in [0.15, 0.2) is 24.3 Å². The summed E-state index contributed by atoms with van der Waals surface area (Å²) in [6, 6.07) is 6.58. The number of nitrogens with one attached hydrogen (secondary N) is 3. The summed E-state index contributed by atoms with van der Waals surface area (Å²) in [6.45, 7) is 5.20. The zero-order chi connectivity index (χ0) is 19.8. The second-order valence-electron chi connectivity index (χ2n) is 6.88. The fourth-order valence-corrected chi connectivity index (χ4v) is 3.42. The number of urea groups is 1. The number of morpholine rings is 1. The Kier molecular flexibility index (Phi) is 7.32. The summed E-state index contributed by atoms with van der Waals surface area (Å²) in [5, 5.41) is 2.93. The molecule has 0 aliphatic carbocycles. The fraction of sp³-hybridized carbons (Fsp3) is 0.579. The van der Waals surface area contributed by atoms with Crippen molar-refractivity contribution in [2.45, 2.75) is 18.9 Å². The van der Waals surface area contributed by atoms with E-state index in [0.717, 1.165) is 50.7 Å². The quantitative estimate of drug-likeness (QED) is 0.591. The number of rotatable bonds is 7. The molecular formula is C19H29N5O4. The van der Waals surface area contributed by atoms with Crippen molar-refractivity contribution in [1.29, 1.82) is 0 Å². The molecule has 3 rings (SSSR count). The smallest absolute Gasteiger partial charge is 0.318 e. The zero-order valence-electron chi connectivity index (χ0n) is 16.3. The molecule has 154 valence electrons. The van der Waals surface area contributed by atoms with Gasteiger partial charge in [0.05, 0.1) is 26.0 Å². The molecule has 2 aliphatic rings. The lowest BCUT2D eigenvalue weighted by Crippen LogP contribution is -2.51. The zero-order valence-corrected chi connectivity index (χ0v) is 16.3. The molecular weight excluding hydrogens is 362 g/mol. The van der Waals surface area contributed by atoms with Crippen LogP contribution in [-0.2, 0) is 9.53 Å². The molecule has 0 radical (unpaired) electrons. The molecule has 2 aliphatic heterocycles. The number of carbonyl (C=O) groups is 2. The number of nitrogens with zero attached hydrogens (tertiary/aromatic N) is 2. The van der Waals surface area contributed by atoms with E-state index in [-0.39, 0.29) is 11.9 Å². The van der Waals surface area contributed by atoms with E-state index in [1.807, 2.05) is 12.1 Å². The maximum Gasteiger partial charge on any atom is 0.318 e. The van der Waals surface area contributed by atoms with Gasteiger partial charge in [-0.2, -0.15) is 0 Å². The van der Waals surface area contributed by atoms with E-state index >= 15 is 0 Å². The minimum absolute atomic E-state index is 0.185. The predicted molar refractivity (Wildman–Crippen MR) is 105 cm³/mol. The number of likely N-dealkylation sites (tertiary alicyclic amines) is 1. The van der Waals surface area contributed by atoms with Gasteiger partial charge in [-0.25, -0.2) is 4.79 Å². The Balaban J connectivity index is 1.43. The molecule has 0 aromatic heterocycles. The third kappa shape index (κ3) is 5.49. The van der Waals surface area contributed by atoms with Crippen LogP contribution in [0.2, 0.25) is 0 Å². The second-order valence-corrected chi connectivity index (χ2v) is 6.88. The van der Waals surface area contributed by atoms with Crippen LogP contribution in [0, 0.1) is 0 Å². The van der Waals surface area contributed by atoms with Crippen LogP contribution >= 0.6 is 0 Å². The normalized spacial score (nSPS) is 19.9. The number of carbonyl (C=O) groups excluding carboxylic acids is 2. The molecule has 1 atom stereocenters. The Labute approximate surface area is 165 Å². The van der Waals surface area contributed by atoms with Crippen molar-refractivity contribution in [3.8, 4) is 5.75 Å². The molecule has 1 unspecified atom stereocenters. The first-order valence-corrected chi connectivity index (χ1v) is 9.72. The van der Waals surface area contributed by atoms with Gasteiger partial charge in [0.15, 0.2) is 0 Å². The highest BCUT2D eigenvalue weighted by Gasteiger charge is 2.34. The highest BCUT2D eigenvalue weighted by molar-refractivity contribution is 5.88. The second kappa shape index (κ2) is 10.1. The lowest BCUT2D eigenvalue weighted by atomic mass is 10.2. The van der Waals surface area contributed by atoms with Crippen LogP contribution < -0.4 is 20.9 Å². The third-order valence-electron chi connectivity index (χ3n) is 5.04. The highest BCUT2D eigenvalue weighted by atomic mass is 16.5. The van der Waals surface area contributed by atoms with E-state index in [4.69, 9.17) is 9.47 Å². The van der Waals surface area contributed by atoms with E-state index in [2.05, 4.69) is 21.1 Å². The highest BCUT2D eigenvalue weighted by Crippen LogP contribution is 2.18. The van der Waals surface area contributed by atoms with Crippen LogP contribution in [0.5, 0.6) is 5.75 Å². The van der Waals surface area contributed by atoms with E-state index < -0.39 is 6.04 Å². The monoisotopic (exact) mass is 391 g/mol. The lowest BCUT2D eigenvalue weighted by Gasteiger charge is -2.28. The summed E-state index contributed by atoms with van der Waals surface area (Å²) < 4.78 is 10.4. The van der Waals surface area contributed by atoms with Crippen LogP contribution in [0.1, 0.15) is 12.8 Å². The molecule has 28 heavy (non-hydrogen) atoms. The first-order valence-electron chi connectivity index (χ1n) is 9.72. The molecule has 2 fully saturated rings. The number of anilines is 1. The van der Waals surface area contributed by atoms with Crippen molar-refractivity contribution in [3.05, 3.63) is 24.3 Å². The Morgan fingerprint density at radius 3 is 2.64 bits per heavy atom. The first-order chi connectivity index (χ1) is 13.7. The van der Waals surface area contributed by atoms with Crippen LogP contribution in [0.4, 0.5) is 10.5 Å². The van der Waals surface area contributed by atoms with Crippen LogP contribution in [-0.4, -0.2) is 80.8 Å². The van der Waals surface area contributed by atoms with Gasteiger partial charge in [0.1, 0.15) is 11.8 Å². The summed E-state index contributed by atoms with van der Waals surface area (Å²) in [6.07, 6.45) is 1.48. The van der Waals surface area contributed by atoms with E-state index in [9.17, 15) is 9.59 Å². The van der Waals surface area contributed by atoms with Crippen molar-refractivity contribution in [3.63, 3.8) is 0 Å². The Morgan fingerprint density at radius 2 is 1.93 bits per heavy atom. The number of hydrogen-bond donors (Lipinski definition) is 3. The number of ether oxygens (including phenoxy) is 2. The summed E-state index contributed by atoms with van der Waals surface area (Å²) >= 11 is 0. The molecule has 3 amide bonds. The molecule has 2 heterocycles. The molecule has 0 spiro atoms. The van der Waals surface area contributed by atoms with Gasteiger partial charge in [0, 0.05) is 32.7 Å². The SMILES string of the molecule is COc1ccc(NNC(=O)C2CCCN2C(=O)NCCN2CCOCC2)cc1. The van der Waals surface area contributed by atoms with Gasteiger partial charge in [0.25, 0.3) is 5.91 Å². The van der Waals surface area contributed by atoms with Gasteiger partial charge in [-0.15, -0.1) is 0 Å². The summed E-state index contributed by atoms with van der Waals surface area (Å²) in [5.41, 5.74) is 6.33. The van der Waals surface area contributed by atoms with Crippen molar-refractivity contribution >= 4 is 17.6 Å². The maximum atomic E-state index is 12.5. The van der Waals surface area contributed by atoms with E-state index in [1.165, 1.54) is 0 Å². The maximum absolute atomic E-state index is 12.5. The topological polar surface area (TPSA) is 95.2 Å². The number of benzene rings is 1. The Hall–Kier alpha value is -2.52. The summed E-state index contributed by atoms with van der Waals surface area (Å²) in [4.78, 5) is 28.9. The van der Waals surface area contributed by atoms with Gasteiger partial charge in [0.2, 0.25) is 0 Å². The van der Waals surface area contributed by atoms with E-state index in [1.54, 1.807) is 24.1 Å². The van der Waals surface area contributed by atoms with Crippen LogP contribution in [0.3, 0.4) is 0 Å². The average Bonchev–Trinajstić information content (AvgIpc) is 3.23. The van der Waals surface area contributed by atoms with Gasteiger partial charge >= 0.3 is 6.03 Å². The van der Waals surface area contributed by atoms with Crippen molar-refractivity contribution < 1.29 is 19.1 Å². The predicted octanol–water partition coefficient (Wildman–Crippen LogP) is 0.645. The van der Waals surface area contributed by atoms with Crippen LogP contribution in [0.25, 0.3) is 0 Å². The Bertz CT molecular complexity index is 648. The van der Waals surface area contributed by atoms with Gasteiger partial charge in [-0.1, -0.05) is 0 Å².